The summed E-state index contributed by atoms with van der Waals surface area (Å²) >= 11 is 0. The predicted molar refractivity (Wildman–Crippen MR) is 128 cm³/mol. The number of halogens is 1. The van der Waals surface area contributed by atoms with Gasteiger partial charge in [0.05, 0.1) is 5.56 Å². The summed E-state index contributed by atoms with van der Waals surface area (Å²) < 4.78 is 30.7. The van der Waals surface area contributed by atoms with Gasteiger partial charge >= 0.3 is 5.97 Å². The van der Waals surface area contributed by atoms with Crippen molar-refractivity contribution >= 4 is 16.9 Å². The molecule has 0 saturated heterocycles. The molecule has 0 spiro atoms. The van der Waals surface area contributed by atoms with Crippen LogP contribution in [-0.4, -0.2) is 11.0 Å². The van der Waals surface area contributed by atoms with E-state index in [4.69, 9.17) is 13.9 Å². The van der Waals surface area contributed by atoms with Gasteiger partial charge in [0, 0.05) is 6.20 Å². The zero-order valence-corrected chi connectivity index (χ0v) is 18.3. The third kappa shape index (κ3) is 4.65. The summed E-state index contributed by atoms with van der Waals surface area (Å²) in [7, 11) is 0. The van der Waals surface area contributed by atoms with Crippen LogP contribution in [0.25, 0.3) is 22.4 Å². The average molecular weight is 467 g/mol. The molecule has 2 heterocycles. The molecule has 5 aromatic rings. The number of aromatic nitrogens is 1. The molecule has 35 heavy (non-hydrogen) atoms. The molecule has 0 fully saturated rings. The van der Waals surface area contributed by atoms with Crippen molar-refractivity contribution in [3.8, 4) is 23.0 Å². The minimum absolute atomic E-state index is 0.0306. The number of hydrogen-bond acceptors (Lipinski definition) is 6. The van der Waals surface area contributed by atoms with Gasteiger partial charge < -0.3 is 13.9 Å². The maximum absolute atomic E-state index is 13.7. The SMILES string of the molecule is O=C(Oc1c(-c2ccccn2)oc2cccc(OCc3ccc(F)cc3)c2c1=O)c1ccccc1. The monoisotopic (exact) mass is 467 g/mol. The lowest BCUT2D eigenvalue weighted by molar-refractivity contribution is 0.0731. The van der Waals surface area contributed by atoms with Crippen molar-refractivity contribution in [2.45, 2.75) is 6.61 Å². The van der Waals surface area contributed by atoms with Crippen LogP contribution in [-0.2, 0) is 6.61 Å². The Balaban J connectivity index is 1.61. The molecule has 0 bridgehead atoms. The van der Waals surface area contributed by atoms with Gasteiger partial charge in [-0.1, -0.05) is 42.5 Å². The van der Waals surface area contributed by atoms with E-state index in [2.05, 4.69) is 4.98 Å². The highest BCUT2D eigenvalue weighted by Crippen LogP contribution is 2.33. The normalized spacial score (nSPS) is 10.8. The molecule has 3 aromatic carbocycles. The second kappa shape index (κ2) is 9.61. The van der Waals surface area contributed by atoms with E-state index in [1.165, 1.54) is 12.1 Å². The first-order valence-electron chi connectivity index (χ1n) is 10.8. The van der Waals surface area contributed by atoms with Gasteiger partial charge in [-0.3, -0.25) is 9.78 Å². The third-order valence-electron chi connectivity index (χ3n) is 5.25. The van der Waals surface area contributed by atoms with Crippen molar-refractivity contribution in [2.24, 2.45) is 0 Å². The lowest BCUT2D eigenvalue weighted by Crippen LogP contribution is -2.17. The molecule has 0 aliphatic rings. The predicted octanol–water partition coefficient (Wildman–Crippen LogP) is 5.79. The second-order valence-electron chi connectivity index (χ2n) is 7.60. The van der Waals surface area contributed by atoms with Crippen molar-refractivity contribution < 1.29 is 23.1 Å². The first kappa shape index (κ1) is 22.0. The molecule has 7 heteroatoms. The minimum atomic E-state index is -0.709. The number of carbonyl (C=O) groups is 1. The quantitative estimate of drug-likeness (QED) is 0.294. The van der Waals surface area contributed by atoms with E-state index < -0.39 is 11.4 Å². The summed E-state index contributed by atoms with van der Waals surface area (Å²) in [6.45, 7) is 0.0972. The van der Waals surface area contributed by atoms with Crippen molar-refractivity contribution in [1.82, 2.24) is 4.98 Å². The van der Waals surface area contributed by atoms with Crippen LogP contribution >= 0.6 is 0 Å². The molecule has 0 N–H and O–H groups in total. The van der Waals surface area contributed by atoms with Gasteiger partial charge in [-0.25, -0.2) is 9.18 Å². The minimum Gasteiger partial charge on any atom is -0.488 e. The highest BCUT2D eigenvalue weighted by molar-refractivity contribution is 5.93. The number of pyridine rings is 1. The van der Waals surface area contributed by atoms with Gasteiger partial charge in [-0.05, 0) is 54.1 Å². The van der Waals surface area contributed by atoms with Crippen LogP contribution in [0.2, 0.25) is 0 Å². The fourth-order valence-corrected chi connectivity index (χ4v) is 3.54. The fourth-order valence-electron chi connectivity index (χ4n) is 3.54. The Morgan fingerprint density at radius 1 is 0.886 bits per heavy atom. The topological polar surface area (TPSA) is 78.6 Å². The number of carbonyl (C=O) groups excluding carboxylic acids is 1. The van der Waals surface area contributed by atoms with Gasteiger partial charge in [0.1, 0.15) is 34.8 Å². The van der Waals surface area contributed by atoms with Crippen LogP contribution in [0.4, 0.5) is 4.39 Å². The Hall–Kier alpha value is -4.78. The molecule has 172 valence electrons. The van der Waals surface area contributed by atoms with Gasteiger partial charge in [-0.2, -0.15) is 0 Å². The van der Waals surface area contributed by atoms with E-state index in [0.717, 1.165) is 0 Å². The molecule has 0 aliphatic carbocycles. The first-order chi connectivity index (χ1) is 17.1. The second-order valence-corrected chi connectivity index (χ2v) is 7.60. The van der Waals surface area contributed by atoms with Gasteiger partial charge in [0.2, 0.25) is 11.2 Å². The van der Waals surface area contributed by atoms with Gasteiger partial charge in [-0.15, -0.1) is 0 Å². The van der Waals surface area contributed by atoms with Crippen LogP contribution in [0.1, 0.15) is 15.9 Å². The highest BCUT2D eigenvalue weighted by atomic mass is 19.1. The molecular formula is C28H18FNO5. The number of rotatable bonds is 6. The molecule has 0 aliphatic heterocycles. The lowest BCUT2D eigenvalue weighted by atomic mass is 10.1. The molecule has 0 radical (unpaired) electrons. The van der Waals surface area contributed by atoms with Gasteiger partial charge in [0.15, 0.2) is 5.76 Å². The first-order valence-corrected chi connectivity index (χ1v) is 10.8. The largest absolute Gasteiger partial charge is 0.488 e. The molecule has 6 nitrogen and oxygen atoms in total. The molecule has 0 atom stereocenters. The van der Waals surface area contributed by atoms with E-state index in [1.807, 2.05) is 0 Å². The standard InChI is InChI=1S/C28H18FNO5/c29-20-14-12-18(13-15-20)17-33-22-10-6-11-23-24(22)25(31)27(26(34-23)21-9-4-5-16-30-21)35-28(32)19-7-2-1-3-8-19/h1-16H,17H2. The maximum Gasteiger partial charge on any atom is 0.343 e. The summed E-state index contributed by atoms with van der Waals surface area (Å²) in [6.07, 6.45) is 1.55. The molecule has 2 aromatic heterocycles. The molecule has 0 saturated carbocycles. The van der Waals surface area contributed by atoms with Crippen molar-refractivity contribution in [3.05, 3.63) is 124 Å². The summed E-state index contributed by atoms with van der Waals surface area (Å²) in [4.78, 5) is 30.8. The fraction of sp³-hybridized carbons (Fsp3) is 0.0357. The Morgan fingerprint density at radius 3 is 2.40 bits per heavy atom. The Labute approximate surface area is 199 Å². The molecule has 0 amide bonds. The summed E-state index contributed by atoms with van der Waals surface area (Å²) in [5.41, 5.74) is 0.992. The van der Waals surface area contributed by atoms with E-state index in [-0.39, 0.29) is 46.2 Å². The number of ether oxygens (including phenoxy) is 2. The number of esters is 1. The van der Waals surface area contributed by atoms with Crippen LogP contribution in [0.5, 0.6) is 11.5 Å². The van der Waals surface area contributed by atoms with Crippen LogP contribution in [0.15, 0.2) is 106 Å². The lowest BCUT2D eigenvalue weighted by Gasteiger charge is -2.13. The number of fused-ring (bicyclic) bond motifs is 1. The van der Waals surface area contributed by atoms with Gasteiger partial charge in [0.25, 0.3) is 0 Å². The highest BCUT2D eigenvalue weighted by Gasteiger charge is 2.24. The van der Waals surface area contributed by atoms with Crippen molar-refractivity contribution in [1.29, 1.82) is 0 Å². The number of nitrogens with zero attached hydrogens (tertiary/aromatic N) is 1. The maximum atomic E-state index is 13.7. The van der Waals surface area contributed by atoms with E-state index in [0.29, 0.717) is 11.3 Å². The average Bonchev–Trinajstić information content (AvgIpc) is 2.90. The zero-order valence-electron chi connectivity index (χ0n) is 18.3. The van der Waals surface area contributed by atoms with Crippen molar-refractivity contribution in [3.63, 3.8) is 0 Å². The number of hydrogen-bond donors (Lipinski definition) is 0. The van der Waals surface area contributed by atoms with Crippen LogP contribution in [0, 0.1) is 5.82 Å². The third-order valence-corrected chi connectivity index (χ3v) is 5.25. The van der Waals surface area contributed by atoms with Crippen LogP contribution < -0.4 is 14.9 Å². The summed E-state index contributed by atoms with van der Waals surface area (Å²) in [6, 6.07) is 24.2. The van der Waals surface area contributed by atoms with Crippen molar-refractivity contribution in [2.75, 3.05) is 0 Å². The Bertz CT molecular complexity index is 1550. The van der Waals surface area contributed by atoms with E-state index in [9.17, 15) is 14.0 Å². The Morgan fingerprint density at radius 2 is 1.66 bits per heavy atom. The summed E-state index contributed by atoms with van der Waals surface area (Å²) in [5.74, 6) is -1.08. The smallest absolute Gasteiger partial charge is 0.343 e. The van der Waals surface area contributed by atoms with E-state index >= 15 is 0 Å². The number of benzene rings is 3. The van der Waals surface area contributed by atoms with Crippen LogP contribution in [0.3, 0.4) is 0 Å². The molecule has 5 rings (SSSR count). The summed E-state index contributed by atoms with van der Waals surface area (Å²) in [5, 5.41) is 0.116. The molecule has 0 unspecified atom stereocenters. The van der Waals surface area contributed by atoms with E-state index in [1.54, 1.807) is 85.1 Å². The zero-order chi connectivity index (χ0) is 24.2. The molecular weight excluding hydrogens is 449 g/mol. The Kier molecular flexibility index (Phi) is 6.05.